The van der Waals surface area contributed by atoms with Gasteiger partial charge in [0.2, 0.25) is 0 Å². The predicted octanol–water partition coefficient (Wildman–Crippen LogP) is 4.78. The van der Waals surface area contributed by atoms with Gasteiger partial charge < -0.3 is 14.6 Å². The molecular weight excluding hydrogens is 393 g/mol. The zero-order valence-electron chi connectivity index (χ0n) is 18.2. The van der Waals surface area contributed by atoms with E-state index in [1.54, 1.807) is 18.6 Å². The molecule has 0 unspecified atom stereocenters. The second-order valence-corrected chi connectivity index (χ2v) is 9.87. The molecule has 0 saturated heterocycles. The Hall–Kier alpha value is -2.96. The molecule has 2 aromatic heterocycles. The van der Waals surface area contributed by atoms with Crippen molar-refractivity contribution in [1.82, 2.24) is 19.7 Å². The van der Waals surface area contributed by atoms with Gasteiger partial charge in [0.1, 0.15) is 11.9 Å². The van der Waals surface area contributed by atoms with E-state index >= 15 is 4.39 Å². The number of phenolic OH excluding ortho intramolecular Hbond substituents is 1. The number of aromatic nitrogens is 4. The fourth-order valence-corrected chi connectivity index (χ4v) is 5.69. The first kappa shape index (κ1) is 20.0. The van der Waals surface area contributed by atoms with E-state index in [0.717, 1.165) is 31.4 Å². The van der Waals surface area contributed by atoms with Gasteiger partial charge in [0.05, 0.1) is 23.8 Å². The molecule has 4 atom stereocenters. The number of hydrogen-bond acceptors (Lipinski definition) is 5. The van der Waals surface area contributed by atoms with Crippen molar-refractivity contribution in [2.75, 3.05) is 11.9 Å². The number of hydrogen-bond donors (Lipinski definition) is 1. The van der Waals surface area contributed by atoms with Gasteiger partial charge >= 0.3 is 0 Å². The number of benzene rings is 1. The fraction of sp³-hybridized carbons (Fsp3) is 0.458. The summed E-state index contributed by atoms with van der Waals surface area (Å²) in [6.45, 7) is 4.38. The molecule has 1 N–H and O–H groups in total. The topological polar surface area (TPSA) is 67.1 Å². The van der Waals surface area contributed by atoms with Crippen LogP contribution in [-0.4, -0.2) is 44.1 Å². The number of halogens is 1. The quantitative estimate of drug-likeness (QED) is 0.657. The molecule has 2 aliphatic carbocycles. The van der Waals surface area contributed by atoms with Gasteiger partial charge in [-0.1, -0.05) is 13.8 Å². The summed E-state index contributed by atoms with van der Waals surface area (Å²) >= 11 is 0. The van der Waals surface area contributed by atoms with Crippen LogP contribution in [0.15, 0.2) is 49.1 Å². The van der Waals surface area contributed by atoms with E-state index in [1.807, 2.05) is 47.0 Å². The molecular formula is C24H28FN5O. The normalized spacial score (nSPS) is 29.8. The summed E-state index contributed by atoms with van der Waals surface area (Å²) in [6.07, 6.45) is 8.14. The number of fused-ring (bicyclic) bond motifs is 2. The van der Waals surface area contributed by atoms with E-state index in [2.05, 4.69) is 29.0 Å². The molecule has 2 fully saturated rings. The Morgan fingerprint density at radius 3 is 2.68 bits per heavy atom. The highest BCUT2D eigenvalue weighted by molar-refractivity contribution is 5.69. The standard InChI is InChI=1S/C24H28FN5O/c1-23-8-9-24(2,14-23)22(25)19(13-23)29(3)21-7-6-18(27-28-21)17-5-4-16(12-20(17)31)30-11-10-26-15-30/h4-7,10-12,15,19,22,31H,8-9,13-14H2,1-3H3/t19-,22+,23-,24-/m0/s1. The highest BCUT2D eigenvalue weighted by Gasteiger charge is 2.56. The van der Waals surface area contributed by atoms with E-state index < -0.39 is 6.17 Å². The van der Waals surface area contributed by atoms with Crippen molar-refractivity contribution in [3.8, 4) is 22.7 Å². The van der Waals surface area contributed by atoms with Crippen molar-refractivity contribution in [3.05, 3.63) is 49.1 Å². The Bertz CT molecular complexity index is 1090. The number of imidazole rings is 1. The second-order valence-electron chi connectivity index (χ2n) is 9.87. The molecule has 3 aromatic rings. The lowest BCUT2D eigenvalue weighted by atomic mass is 9.67. The molecule has 31 heavy (non-hydrogen) atoms. The van der Waals surface area contributed by atoms with Gasteiger partial charge in [-0.2, -0.15) is 0 Å². The van der Waals surface area contributed by atoms with Gasteiger partial charge in [0.25, 0.3) is 0 Å². The molecule has 2 saturated carbocycles. The van der Waals surface area contributed by atoms with E-state index in [4.69, 9.17) is 0 Å². The Morgan fingerprint density at radius 1 is 1.16 bits per heavy atom. The summed E-state index contributed by atoms with van der Waals surface area (Å²) in [6, 6.07) is 8.88. The Labute approximate surface area is 181 Å². The Morgan fingerprint density at radius 2 is 2.00 bits per heavy atom. The van der Waals surface area contributed by atoms with Gasteiger partial charge in [0, 0.05) is 36.5 Å². The molecule has 2 aliphatic rings. The Balaban J connectivity index is 1.38. The third-order valence-corrected chi connectivity index (χ3v) is 7.40. The minimum Gasteiger partial charge on any atom is -0.507 e. The van der Waals surface area contributed by atoms with Crippen LogP contribution < -0.4 is 4.90 Å². The van der Waals surface area contributed by atoms with Crippen LogP contribution >= 0.6 is 0 Å². The lowest BCUT2D eigenvalue weighted by Crippen LogP contribution is -2.52. The number of phenols is 1. The average molecular weight is 422 g/mol. The minimum absolute atomic E-state index is 0.120. The van der Waals surface area contributed by atoms with Crippen LogP contribution in [0.3, 0.4) is 0 Å². The minimum atomic E-state index is -0.880. The van der Waals surface area contributed by atoms with Gasteiger partial charge in [0.15, 0.2) is 5.82 Å². The highest BCUT2D eigenvalue weighted by Crippen LogP contribution is 2.59. The first-order valence-corrected chi connectivity index (χ1v) is 10.8. The van der Waals surface area contributed by atoms with E-state index in [-0.39, 0.29) is 22.6 Å². The van der Waals surface area contributed by atoms with Crippen LogP contribution in [0.5, 0.6) is 5.75 Å². The summed E-state index contributed by atoms with van der Waals surface area (Å²) in [5.74, 6) is 0.773. The number of anilines is 1. The zero-order chi connectivity index (χ0) is 21.8. The van der Waals surface area contributed by atoms with Crippen LogP contribution in [-0.2, 0) is 0 Å². The molecule has 162 valence electrons. The molecule has 7 heteroatoms. The van der Waals surface area contributed by atoms with Crippen molar-refractivity contribution in [1.29, 1.82) is 0 Å². The van der Waals surface area contributed by atoms with E-state index in [9.17, 15) is 5.11 Å². The number of aromatic hydroxyl groups is 1. The van der Waals surface area contributed by atoms with Crippen LogP contribution in [0.2, 0.25) is 0 Å². The lowest BCUT2D eigenvalue weighted by molar-refractivity contribution is 0.0380. The number of rotatable bonds is 4. The lowest BCUT2D eigenvalue weighted by Gasteiger charge is -2.46. The zero-order valence-corrected chi connectivity index (χ0v) is 18.2. The van der Waals surface area contributed by atoms with Crippen molar-refractivity contribution < 1.29 is 9.50 Å². The summed E-state index contributed by atoms with van der Waals surface area (Å²) in [5, 5.41) is 19.2. The van der Waals surface area contributed by atoms with Crippen LogP contribution in [0.25, 0.3) is 16.9 Å². The summed E-state index contributed by atoms with van der Waals surface area (Å²) in [7, 11) is 1.91. The maximum atomic E-state index is 15.5. The molecule has 0 amide bonds. The Kier molecular flexibility index (Phi) is 4.53. The van der Waals surface area contributed by atoms with Gasteiger partial charge in [-0.25, -0.2) is 9.37 Å². The maximum Gasteiger partial charge on any atom is 0.151 e. The molecule has 2 bridgehead atoms. The first-order valence-electron chi connectivity index (χ1n) is 10.8. The SMILES string of the molecule is CN(c1ccc(-c2ccc(-n3ccnc3)cc2O)nn1)[C@H]1C[C@]2(C)CC[C@@](C)(C2)[C@@H]1F. The predicted molar refractivity (Wildman–Crippen MR) is 118 cm³/mol. The molecule has 6 nitrogen and oxygen atoms in total. The van der Waals surface area contributed by atoms with E-state index in [1.165, 1.54) is 0 Å². The average Bonchev–Trinajstić information content (AvgIpc) is 3.38. The van der Waals surface area contributed by atoms with Crippen molar-refractivity contribution in [3.63, 3.8) is 0 Å². The van der Waals surface area contributed by atoms with Crippen molar-refractivity contribution in [2.45, 2.75) is 51.7 Å². The molecule has 0 aliphatic heterocycles. The second kappa shape index (κ2) is 7.04. The third-order valence-electron chi connectivity index (χ3n) is 7.40. The summed E-state index contributed by atoms with van der Waals surface area (Å²) < 4.78 is 17.3. The number of nitrogens with zero attached hydrogens (tertiary/aromatic N) is 5. The fourth-order valence-electron chi connectivity index (χ4n) is 5.69. The van der Waals surface area contributed by atoms with Crippen molar-refractivity contribution in [2.24, 2.45) is 10.8 Å². The first-order chi connectivity index (χ1) is 14.8. The maximum absolute atomic E-state index is 15.5. The third kappa shape index (κ3) is 3.36. The van der Waals surface area contributed by atoms with Crippen molar-refractivity contribution >= 4 is 5.82 Å². The van der Waals surface area contributed by atoms with Crippen LogP contribution in [0, 0.1) is 10.8 Å². The molecule has 0 spiro atoms. The number of alkyl halides is 1. The van der Waals surface area contributed by atoms with Crippen LogP contribution in [0.1, 0.15) is 39.5 Å². The van der Waals surface area contributed by atoms with Gasteiger partial charge in [-0.05, 0) is 55.4 Å². The monoisotopic (exact) mass is 421 g/mol. The summed E-state index contributed by atoms with van der Waals surface area (Å²) in [4.78, 5) is 5.98. The molecule has 0 radical (unpaired) electrons. The smallest absolute Gasteiger partial charge is 0.151 e. The van der Waals surface area contributed by atoms with Gasteiger partial charge in [-0.3, -0.25) is 0 Å². The summed E-state index contributed by atoms with van der Waals surface area (Å²) in [5.41, 5.74) is 1.94. The molecule has 1 aromatic carbocycles. The van der Waals surface area contributed by atoms with E-state index in [0.29, 0.717) is 17.1 Å². The largest absolute Gasteiger partial charge is 0.507 e. The molecule has 5 rings (SSSR count). The highest BCUT2D eigenvalue weighted by atomic mass is 19.1. The molecule has 2 heterocycles. The van der Waals surface area contributed by atoms with Crippen LogP contribution in [0.4, 0.5) is 10.2 Å². The van der Waals surface area contributed by atoms with Gasteiger partial charge in [-0.15, -0.1) is 10.2 Å².